The molecule has 0 saturated carbocycles. The van der Waals surface area contributed by atoms with Crippen LogP contribution in [0.25, 0.3) is 11.0 Å². The Kier molecular flexibility index (Phi) is 8.45. The highest BCUT2D eigenvalue weighted by Gasteiger charge is 2.29. The number of anilines is 2. The van der Waals surface area contributed by atoms with Crippen molar-refractivity contribution in [3.8, 4) is 0 Å². The van der Waals surface area contributed by atoms with Crippen LogP contribution in [0.5, 0.6) is 0 Å². The van der Waals surface area contributed by atoms with Crippen molar-refractivity contribution in [2.75, 3.05) is 31.0 Å². The largest absolute Gasteiger partial charge is 0.464 e. The van der Waals surface area contributed by atoms with E-state index in [1.54, 1.807) is 6.20 Å². The molecular formula is C30H36N6O4. The van der Waals surface area contributed by atoms with Crippen molar-refractivity contribution in [2.24, 2.45) is 5.92 Å². The second kappa shape index (κ2) is 12.3. The molecule has 10 nitrogen and oxygen atoms in total. The van der Waals surface area contributed by atoms with Gasteiger partial charge in [-0.25, -0.2) is 9.78 Å². The summed E-state index contributed by atoms with van der Waals surface area (Å²) in [5, 5.41) is 11.7. The number of aryl methyl sites for hydroxylation is 4. The topological polar surface area (TPSA) is 112 Å². The number of aromatic nitrogens is 4. The van der Waals surface area contributed by atoms with Crippen molar-refractivity contribution in [1.29, 1.82) is 0 Å². The number of esters is 1. The molecule has 1 aliphatic heterocycles. The summed E-state index contributed by atoms with van der Waals surface area (Å²) < 4.78 is 14.4. The number of hydrogen-bond donors (Lipinski definition) is 2. The quantitative estimate of drug-likeness (QED) is 0.266. The van der Waals surface area contributed by atoms with Crippen LogP contribution in [0.3, 0.4) is 0 Å². The summed E-state index contributed by atoms with van der Waals surface area (Å²) in [5.74, 6) is -0.964. The molecule has 1 fully saturated rings. The molecule has 4 heterocycles. The van der Waals surface area contributed by atoms with Gasteiger partial charge in [-0.15, -0.1) is 0 Å². The smallest absolute Gasteiger partial charge is 0.356 e. The lowest BCUT2D eigenvalue weighted by Gasteiger charge is -2.12. The van der Waals surface area contributed by atoms with Crippen LogP contribution in [0.2, 0.25) is 0 Å². The molecule has 10 heteroatoms. The third kappa shape index (κ3) is 5.86. The van der Waals surface area contributed by atoms with Crippen LogP contribution in [0.4, 0.5) is 11.4 Å². The fourth-order valence-corrected chi connectivity index (χ4v) is 5.12. The van der Waals surface area contributed by atoms with Crippen LogP contribution in [-0.2, 0) is 40.3 Å². The Morgan fingerprint density at radius 2 is 2.05 bits per heavy atom. The van der Waals surface area contributed by atoms with E-state index in [0.29, 0.717) is 55.1 Å². The Balaban J connectivity index is 1.49. The van der Waals surface area contributed by atoms with Gasteiger partial charge in [-0.1, -0.05) is 30.3 Å². The van der Waals surface area contributed by atoms with Crippen LogP contribution in [0.1, 0.15) is 47.1 Å². The molecule has 3 aromatic heterocycles. The minimum atomic E-state index is -0.521. The lowest BCUT2D eigenvalue weighted by atomic mass is 10.1. The molecule has 1 saturated heterocycles. The van der Waals surface area contributed by atoms with E-state index in [9.17, 15) is 9.59 Å². The van der Waals surface area contributed by atoms with E-state index in [2.05, 4.69) is 34.8 Å². The number of carbonyl (C=O) groups is 2. The molecule has 210 valence electrons. The maximum atomic E-state index is 13.2. The van der Waals surface area contributed by atoms with Crippen LogP contribution in [-0.4, -0.2) is 51.5 Å². The SMILES string of the molecule is CCn1cc(CNc2cnc3c(c2)c(NC(=O)C2CCOC2)c(C(=O)OC)n3CCCc2ccccc2)c(C)n1. The number of hydrogen-bond acceptors (Lipinski definition) is 7. The summed E-state index contributed by atoms with van der Waals surface area (Å²) in [6.07, 6.45) is 6.05. The van der Waals surface area contributed by atoms with Gasteiger partial charge in [0.1, 0.15) is 5.65 Å². The third-order valence-corrected chi connectivity index (χ3v) is 7.37. The van der Waals surface area contributed by atoms with Crippen molar-refractivity contribution in [2.45, 2.75) is 52.7 Å². The summed E-state index contributed by atoms with van der Waals surface area (Å²) in [4.78, 5) is 31.1. The highest BCUT2D eigenvalue weighted by atomic mass is 16.5. The van der Waals surface area contributed by atoms with Gasteiger partial charge in [-0.2, -0.15) is 5.10 Å². The van der Waals surface area contributed by atoms with Gasteiger partial charge in [0.2, 0.25) is 5.91 Å². The van der Waals surface area contributed by atoms with Crippen LogP contribution >= 0.6 is 0 Å². The van der Waals surface area contributed by atoms with E-state index in [0.717, 1.165) is 36.3 Å². The second-order valence-corrected chi connectivity index (χ2v) is 10.0. The Morgan fingerprint density at radius 3 is 2.75 bits per heavy atom. The van der Waals surface area contributed by atoms with E-state index in [1.165, 1.54) is 12.7 Å². The van der Waals surface area contributed by atoms with Gasteiger partial charge in [-0.3, -0.25) is 9.48 Å². The summed E-state index contributed by atoms with van der Waals surface area (Å²) >= 11 is 0. The second-order valence-electron chi connectivity index (χ2n) is 10.0. The normalized spacial score (nSPS) is 14.9. The first-order valence-corrected chi connectivity index (χ1v) is 13.8. The zero-order chi connectivity index (χ0) is 28.1. The number of pyridine rings is 1. The number of nitrogens with one attached hydrogen (secondary N) is 2. The van der Waals surface area contributed by atoms with E-state index in [-0.39, 0.29) is 11.8 Å². The predicted octanol–water partition coefficient (Wildman–Crippen LogP) is 4.57. The van der Waals surface area contributed by atoms with Gasteiger partial charge < -0.3 is 24.7 Å². The standard InChI is InChI=1S/C30H36N6O4/c1-4-35-18-23(20(2)34-35)16-31-24-15-25-26(33-29(37)22-12-14-40-19-22)27(30(38)39-3)36(28(25)32-17-24)13-8-11-21-9-6-5-7-10-21/h5-7,9-10,15,17-18,22,31H,4,8,11-14,16,19H2,1-3H3,(H,33,37). The molecule has 1 atom stereocenters. The number of rotatable bonds is 11. The van der Waals surface area contributed by atoms with Gasteiger partial charge >= 0.3 is 5.97 Å². The lowest BCUT2D eigenvalue weighted by Crippen LogP contribution is -2.24. The Hall–Kier alpha value is -4.18. The molecular weight excluding hydrogens is 508 g/mol. The third-order valence-electron chi connectivity index (χ3n) is 7.37. The summed E-state index contributed by atoms with van der Waals surface area (Å²) in [6, 6.07) is 12.1. The van der Waals surface area contributed by atoms with Gasteiger partial charge in [0.05, 0.1) is 42.9 Å². The number of fused-ring (bicyclic) bond motifs is 1. The highest BCUT2D eigenvalue weighted by molar-refractivity contribution is 6.11. The summed E-state index contributed by atoms with van der Waals surface area (Å²) in [5.41, 5.74) is 5.38. The van der Waals surface area contributed by atoms with Crippen molar-refractivity contribution >= 4 is 34.3 Å². The average Bonchev–Trinajstić information content (AvgIpc) is 3.71. The van der Waals surface area contributed by atoms with Crippen molar-refractivity contribution in [3.63, 3.8) is 0 Å². The van der Waals surface area contributed by atoms with E-state index >= 15 is 0 Å². The lowest BCUT2D eigenvalue weighted by molar-refractivity contribution is -0.119. The first-order valence-electron chi connectivity index (χ1n) is 13.8. The fraction of sp³-hybridized carbons (Fsp3) is 0.400. The fourth-order valence-electron chi connectivity index (χ4n) is 5.12. The maximum Gasteiger partial charge on any atom is 0.356 e. The summed E-state index contributed by atoms with van der Waals surface area (Å²) in [7, 11) is 1.35. The molecule has 2 N–H and O–H groups in total. The van der Waals surface area contributed by atoms with Crippen molar-refractivity contribution in [3.05, 3.63) is 71.3 Å². The zero-order valence-corrected chi connectivity index (χ0v) is 23.3. The van der Waals surface area contributed by atoms with E-state index in [4.69, 9.17) is 14.5 Å². The molecule has 5 rings (SSSR count). The predicted molar refractivity (Wildman–Crippen MR) is 153 cm³/mol. The number of ether oxygens (including phenoxy) is 2. The van der Waals surface area contributed by atoms with E-state index < -0.39 is 5.97 Å². The molecule has 1 aromatic carbocycles. The van der Waals surface area contributed by atoms with Gasteiger partial charge in [0.15, 0.2) is 5.69 Å². The maximum absolute atomic E-state index is 13.2. The minimum Gasteiger partial charge on any atom is -0.464 e. The number of amides is 1. The molecule has 1 unspecified atom stereocenters. The number of nitrogens with zero attached hydrogens (tertiary/aromatic N) is 4. The first kappa shape index (κ1) is 27.4. The van der Waals surface area contributed by atoms with Gasteiger partial charge in [0, 0.05) is 43.4 Å². The summed E-state index contributed by atoms with van der Waals surface area (Å²) in [6.45, 7) is 6.87. The first-order chi connectivity index (χ1) is 19.5. The number of benzene rings is 1. The van der Waals surface area contributed by atoms with Gasteiger partial charge in [-0.05, 0) is 44.7 Å². The van der Waals surface area contributed by atoms with Crippen LogP contribution in [0, 0.1) is 12.8 Å². The molecule has 4 aromatic rings. The molecule has 1 aliphatic rings. The zero-order valence-electron chi connectivity index (χ0n) is 23.3. The number of methoxy groups -OCH3 is 1. The Labute approximate surface area is 233 Å². The van der Waals surface area contributed by atoms with Crippen molar-refractivity contribution in [1.82, 2.24) is 19.3 Å². The Morgan fingerprint density at radius 1 is 1.23 bits per heavy atom. The molecule has 0 radical (unpaired) electrons. The van der Waals surface area contributed by atoms with Crippen LogP contribution < -0.4 is 10.6 Å². The average molecular weight is 545 g/mol. The monoisotopic (exact) mass is 544 g/mol. The van der Waals surface area contributed by atoms with Crippen molar-refractivity contribution < 1.29 is 19.1 Å². The van der Waals surface area contributed by atoms with Crippen LogP contribution in [0.15, 0.2) is 48.8 Å². The highest BCUT2D eigenvalue weighted by Crippen LogP contribution is 2.34. The van der Waals surface area contributed by atoms with Gasteiger partial charge in [0.25, 0.3) is 0 Å². The van der Waals surface area contributed by atoms with E-state index in [1.807, 2.05) is 46.6 Å². The molecule has 1 amide bonds. The molecule has 40 heavy (non-hydrogen) atoms. The molecule has 0 aliphatic carbocycles. The number of carbonyl (C=O) groups excluding carboxylic acids is 2. The Bertz CT molecular complexity index is 1490. The molecule has 0 spiro atoms. The molecule has 0 bridgehead atoms. The minimum absolute atomic E-state index is 0.174.